The van der Waals surface area contributed by atoms with Crippen molar-refractivity contribution in [3.63, 3.8) is 0 Å². The molecule has 156 valence electrons. The van der Waals surface area contributed by atoms with Crippen molar-refractivity contribution in [2.24, 2.45) is 0 Å². The zero-order valence-corrected chi connectivity index (χ0v) is 18.6. The van der Waals surface area contributed by atoms with Crippen molar-refractivity contribution in [2.75, 3.05) is 13.7 Å². The number of rotatable bonds is 8. The topological polar surface area (TPSA) is 58.6 Å². The van der Waals surface area contributed by atoms with E-state index in [-0.39, 0.29) is 25.0 Å². The number of carbonyl (C=O) groups is 2. The lowest BCUT2D eigenvalue weighted by Crippen LogP contribution is -2.49. The molecule has 0 saturated carbocycles. The number of amides is 2. The Morgan fingerprint density at radius 3 is 2.31 bits per heavy atom. The molecule has 0 aliphatic rings. The first kappa shape index (κ1) is 23.0. The number of nitrogens with zero attached hydrogens (tertiary/aromatic N) is 1. The summed E-state index contributed by atoms with van der Waals surface area (Å²) in [6, 6.07) is 10.1. The van der Waals surface area contributed by atoms with E-state index in [1.165, 1.54) is 4.90 Å². The highest BCUT2D eigenvalue weighted by Crippen LogP contribution is 2.27. The fourth-order valence-corrected chi connectivity index (χ4v) is 3.49. The van der Waals surface area contributed by atoms with Crippen LogP contribution in [0.3, 0.4) is 0 Å². The highest BCUT2D eigenvalue weighted by atomic mass is 35.5. The van der Waals surface area contributed by atoms with E-state index in [1.54, 1.807) is 25.2 Å². The molecule has 29 heavy (non-hydrogen) atoms. The molecule has 1 N–H and O–H groups in total. The minimum Gasteiger partial charge on any atom is -0.484 e. The summed E-state index contributed by atoms with van der Waals surface area (Å²) in [7, 11) is 1.54. The van der Waals surface area contributed by atoms with Gasteiger partial charge in [0.05, 0.1) is 0 Å². The van der Waals surface area contributed by atoms with Crippen LogP contribution in [0.5, 0.6) is 5.75 Å². The summed E-state index contributed by atoms with van der Waals surface area (Å²) in [5, 5.41) is 3.50. The molecule has 0 aromatic heterocycles. The van der Waals surface area contributed by atoms with Gasteiger partial charge in [-0.05, 0) is 55.7 Å². The number of benzene rings is 2. The number of carbonyl (C=O) groups excluding carboxylic acids is 2. The summed E-state index contributed by atoms with van der Waals surface area (Å²) in [6.07, 6.45) is 0.442. The lowest BCUT2D eigenvalue weighted by molar-refractivity contribution is -0.142. The molecule has 0 aliphatic carbocycles. The van der Waals surface area contributed by atoms with Crippen LogP contribution in [0.15, 0.2) is 36.4 Å². The van der Waals surface area contributed by atoms with Crippen molar-refractivity contribution in [1.29, 1.82) is 0 Å². The SMILES string of the molecule is CC[C@@H](C(=O)NC)N(Cc1c(Cl)cccc1Cl)C(=O)COc1ccc(C)c(C)c1. The molecule has 0 aliphatic heterocycles. The van der Waals surface area contributed by atoms with Gasteiger partial charge in [0.15, 0.2) is 6.61 Å². The number of likely N-dealkylation sites (N-methyl/N-ethyl adjacent to an activating group) is 1. The molecule has 0 spiro atoms. The van der Waals surface area contributed by atoms with Gasteiger partial charge in [-0.1, -0.05) is 42.3 Å². The highest BCUT2D eigenvalue weighted by Gasteiger charge is 2.29. The maximum atomic E-state index is 13.1. The zero-order chi connectivity index (χ0) is 21.6. The summed E-state index contributed by atoms with van der Waals surface area (Å²) >= 11 is 12.6. The molecule has 0 bridgehead atoms. The zero-order valence-electron chi connectivity index (χ0n) is 17.1. The first-order valence-corrected chi connectivity index (χ1v) is 10.2. The molecule has 2 aromatic carbocycles. The molecular formula is C22H26Cl2N2O3. The van der Waals surface area contributed by atoms with Crippen LogP contribution in [-0.2, 0) is 16.1 Å². The van der Waals surface area contributed by atoms with Gasteiger partial charge in [-0.25, -0.2) is 0 Å². The molecule has 0 heterocycles. The fourth-order valence-electron chi connectivity index (χ4n) is 2.97. The van der Waals surface area contributed by atoms with Gasteiger partial charge in [-0.2, -0.15) is 0 Å². The second kappa shape index (κ2) is 10.5. The molecule has 2 rings (SSSR count). The molecule has 0 unspecified atom stereocenters. The Hall–Kier alpha value is -2.24. The van der Waals surface area contributed by atoms with Gasteiger partial charge >= 0.3 is 0 Å². The first-order valence-electron chi connectivity index (χ1n) is 9.42. The number of hydrogen-bond acceptors (Lipinski definition) is 3. The lowest BCUT2D eigenvalue weighted by Gasteiger charge is -2.30. The van der Waals surface area contributed by atoms with E-state index in [9.17, 15) is 9.59 Å². The largest absolute Gasteiger partial charge is 0.484 e. The average molecular weight is 437 g/mol. The van der Waals surface area contributed by atoms with Crippen molar-refractivity contribution < 1.29 is 14.3 Å². The number of halogens is 2. The van der Waals surface area contributed by atoms with Crippen LogP contribution in [0, 0.1) is 13.8 Å². The second-order valence-corrected chi connectivity index (χ2v) is 7.61. The normalized spacial score (nSPS) is 11.7. The molecule has 2 aromatic rings. The minimum atomic E-state index is -0.664. The Morgan fingerprint density at radius 1 is 1.10 bits per heavy atom. The van der Waals surface area contributed by atoms with Gasteiger partial charge in [0, 0.05) is 29.2 Å². The van der Waals surface area contributed by atoms with Crippen molar-refractivity contribution in [3.05, 3.63) is 63.1 Å². The molecule has 7 heteroatoms. The molecule has 5 nitrogen and oxygen atoms in total. The summed E-state index contributed by atoms with van der Waals surface area (Å²) in [6.45, 7) is 5.75. The Labute approximate surface area is 181 Å². The molecule has 1 atom stereocenters. The molecule has 0 radical (unpaired) electrons. The van der Waals surface area contributed by atoms with Gasteiger partial charge in [-0.15, -0.1) is 0 Å². The predicted octanol–water partition coefficient (Wildman–Crippen LogP) is 4.54. The van der Waals surface area contributed by atoms with Crippen molar-refractivity contribution in [2.45, 2.75) is 39.8 Å². The van der Waals surface area contributed by atoms with Crippen LogP contribution in [0.4, 0.5) is 0 Å². The Balaban J connectivity index is 2.26. The van der Waals surface area contributed by atoms with E-state index in [0.717, 1.165) is 11.1 Å². The number of nitrogens with one attached hydrogen (secondary N) is 1. The van der Waals surface area contributed by atoms with E-state index in [0.29, 0.717) is 27.8 Å². The van der Waals surface area contributed by atoms with Crippen LogP contribution in [0.25, 0.3) is 0 Å². The maximum Gasteiger partial charge on any atom is 0.261 e. The van der Waals surface area contributed by atoms with Gasteiger partial charge < -0.3 is 15.0 Å². The van der Waals surface area contributed by atoms with Crippen molar-refractivity contribution in [3.8, 4) is 5.75 Å². The smallest absolute Gasteiger partial charge is 0.261 e. The third-order valence-electron chi connectivity index (χ3n) is 4.86. The standard InChI is InChI=1S/C22H26Cl2N2O3/c1-5-20(22(28)25-4)26(12-17-18(23)7-6-8-19(17)24)21(27)13-29-16-10-9-14(2)15(3)11-16/h6-11,20H,5,12-13H2,1-4H3,(H,25,28)/t20-/m0/s1. The Morgan fingerprint density at radius 2 is 1.76 bits per heavy atom. The number of ether oxygens (including phenoxy) is 1. The highest BCUT2D eigenvalue weighted by molar-refractivity contribution is 6.36. The Kier molecular flexibility index (Phi) is 8.35. The van der Waals surface area contributed by atoms with Crippen LogP contribution in [0.1, 0.15) is 30.0 Å². The summed E-state index contributed by atoms with van der Waals surface area (Å²) < 4.78 is 5.70. The quantitative estimate of drug-likeness (QED) is 0.660. The van der Waals surface area contributed by atoms with Crippen molar-refractivity contribution in [1.82, 2.24) is 10.2 Å². The molecule has 0 saturated heterocycles. The van der Waals surface area contributed by atoms with Gasteiger partial charge in [0.1, 0.15) is 11.8 Å². The maximum absolute atomic E-state index is 13.1. The van der Waals surface area contributed by atoms with E-state index in [2.05, 4.69) is 5.32 Å². The summed E-state index contributed by atoms with van der Waals surface area (Å²) in [4.78, 5) is 26.9. The fraction of sp³-hybridized carbons (Fsp3) is 0.364. The predicted molar refractivity (Wildman–Crippen MR) is 117 cm³/mol. The van der Waals surface area contributed by atoms with Crippen LogP contribution in [-0.4, -0.2) is 36.4 Å². The molecular weight excluding hydrogens is 411 g/mol. The van der Waals surface area contributed by atoms with Gasteiger partial charge in [-0.3, -0.25) is 9.59 Å². The summed E-state index contributed by atoms with van der Waals surface area (Å²) in [5.41, 5.74) is 2.81. The molecule has 0 fully saturated rings. The number of aryl methyl sites for hydroxylation is 2. The van der Waals surface area contributed by atoms with E-state index in [1.807, 2.05) is 39.0 Å². The van der Waals surface area contributed by atoms with Gasteiger partial charge in [0.2, 0.25) is 5.91 Å². The van der Waals surface area contributed by atoms with Crippen molar-refractivity contribution >= 4 is 35.0 Å². The Bertz CT molecular complexity index is 866. The number of hydrogen-bond donors (Lipinski definition) is 1. The average Bonchev–Trinajstić information content (AvgIpc) is 2.70. The second-order valence-electron chi connectivity index (χ2n) is 6.79. The van der Waals surface area contributed by atoms with E-state index >= 15 is 0 Å². The minimum absolute atomic E-state index is 0.111. The summed E-state index contributed by atoms with van der Waals surface area (Å²) in [5.74, 6) is 0.0232. The third kappa shape index (κ3) is 5.87. The van der Waals surface area contributed by atoms with Crippen LogP contribution >= 0.6 is 23.2 Å². The van der Waals surface area contributed by atoms with Crippen LogP contribution < -0.4 is 10.1 Å². The third-order valence-corrected chi connectivity index (χ3v) is 5.57. The molecule has 2 amide bonds. The van der Waals surface area contributed by atoms with E-state index < -0.39 is 6.04 Å². The van der Waals surface area contributed by atoms with Gasteiger partial charge in [0.25, 0.3) is 5.91 Å². The monoisotopic (exact) mass is 436 g/mol. The van der Waals surface area contributed by atoms with E-state index in [4.69, 9.17) is 27.9 Å². The van der Waals surface area contributed by atoms with Crippen LogP contribution in [0.2, 0.25) is 10.0 Å². The lowest BCUT2D eigenvalue weighted by atomic mass is 10.1. The first-order chi connectivity index (χ1) is 13.8.